The molecule has 0 aliphatic heterocycles. The van der Waals surface area contributed by atoms with Crippen molar-refractivity contribution in [2.24, 2.45) is 0 Å². The molecule has 1 aromatic heterocycles. The summed E-state index contributed by atoms with van der Waals surface area (Å²) in [6.45, 7) is 2.03. The van der Waals surface area contributed by atoms with Crippen molar-refractivity contribution < 1.29 is 13.9 Å². The second kappa shape index (κ2) is 7.81. The third-order valence-electron chi connectivity index (χ3n) is 3.39. The summed E-state index contributed by atoms with van der Waals surface area (Å²) in [6, 6.07) is 14.5. The van der Waals surface area contributed by atoms with Crippen molar-refractivity contribution in [3.05, 3.63) is 65.0 Å². The van der Waals surface area contributed by atoms with Crippen molar-refractivity contribution in [1.82, 2.24) is 15.5 Å². The van der Waals surface area contributed by atoms with E-state index in [1.165, 1.54) is 0 Å². The van der Waals surface area contributed by atoms with Crippen molar-refractivity contribution in [3.63, 3.8) is 0 Å². The quantitative estimate of drug-likeness (QED) is 0.731. The van der Waals surface area contributed by atoms with Crippen LogP contribution in [0.4, 0.5) is 0 Å². The molecule has 1 amide bonds. The summed E-state index contributed by atoms with van der Waals surface area (Å²) >= 11 is 5.79. The lowest BCUT2D eigenvalue weighted by Crippen LogP contribution is -2.28. The van der Waals surface area contributed by atoms with Crippen LogP contribution in [-0.2, 0) is 11.3 Å². The summed E-state index contributed by atoms with van der Waals surface area (Å²) in [4.78, 5) is 11.8. The van der Waals surface area contributed by atoms with Gasteiger partial charge in [0.15, 0.2) is 6.61 Å². The van der Waals surface area contributed by atoms with Crippen molar-refractivity contribution in [2.75, 3.05) is 6.61 Å². The highest BCUT2D eigenvalue weighted by molar-refractivity contribution is 6.30. The molecule has 0 radical (unpaired) electrons. The Morgan fingerprint density at radius 2 is 1.84 bits per heavy atom. The Bertz CT molecular complexity index is 845. The van der Waals surface area contributed by atoms with Crippen LogP contribution in [0.1, 0.15) is 11.5 Å². The van der Waals surface area contributed by atoms with E-state index in [-0.39, 0.29) is 19.1 Å². The zero-order valence-electron chi connectivity index (χ0n) is 13.5. The summed E-state index contributed by atoms with van der Waals surface area (Å²) in [5.41, 5.74) is 1.98. The summed E-state index contributed by atoms with van der Waals surface area (Å²) in [5.74, 6) is 1.03. The second-order valence-corrected chi connectivity index (χ2v) is 5.82. The number of carbonyl (C=O) groups excluding carboxylic acids is 1. The molecular weight excluding hydrogens is 342 g/mol. The van der Waals surface area contributed by atoms with Gasteiger partial charge in [-0.05, 0) is 43.3 Å². The fourth-order valence-electron chi connectivity index (χ4n) is 2.04. The number of halogens is 1. The molecule has 0 atom stereocenters. The van der Waals surface area contributed by atoms with Crippen LogP contribution in [0, 0.1) is 6.92 Å². The first-order valence-corrected chi connectivity index (χ1v) is 8.02. The summed E-state index contributed by atoms with van der Waals surface area (Å²) in [7, 11) is 0. The van der Waals surface area contributed by atoms with Crippen LogP contribution < -0.4 is 10.1 Å². The van der Waals surface area contributed by atoms with E-state index in [0.29, 0.717) is 22.6 Å². The molecule has 0 aliphatic rings. The number of aromatic nitrogens is 2. The van der Waals surface area contributed by atoms with Crippen LogP contribution in [0.15, 0.2) is 52.9 Å². The number of hydrogen-bond donors (Lipinski definition) is 1. The Kier molecular flexibility index (Phi) is 5.30. The van der Waals surface area contributed by atoms with E-state index in [1.54, 1.807) is 24.3 Å². The van der Waals surface area contributed by atoms with E-state index in [4.69, 9.17) is 20.8 Å². The van der Waals surface area contributed by atoms with E-state index >= 15 is 0 Å². The zero-order valence-corrected chi connectivity index (χ0v) is 14.3. The van der Waals surface area contributed by atoms with Gasteiger partial charge in [0.25, 0.3) is 5.91 Å². The van der Waals surface area contributed by atoms with E-state index in [9.17, 15) is 4.79 Å². The molecule has 7 heteroatoms. The van der Waals surface area contributed by atoms with Gasteiger partial charge < -0.3 is 14.5 Å². The summed E-state index contributed by atoms with van der Waals surface area (Å²) < 4.78 is 10.9. The van der Waals surface area contributed by atoms with E-state index in [0.717, 1.165) is 11.1 Å². The molecule has 0 aliphatic carbocycles. The molecule has 1 heterocycles. The van der Waals surface area contributed by atoms with Gasteiger partial charge in [-0.15, -0.1) is 10.2 Å². The molecule has 0 spiro atoms. The number of rotatable bonds is 6. The number of ether oxygens (including phenoxy) is 1. The first-order chi connectivity index (χ1) is 12.1. The number of amides is 1. The largest absolute Gasteiger partial charge is 0.484 e. The van der Waals surface area contributed by atoms with Gasteiger partial charge >= 0.3 is 0 Å². The molecule has 2 aromatic carbocycles. The van der Waals surface area contributed by atoms with E-state index in [2.05, 4.69) is 15.5 Å². The summed E-state index contributed by atoms with van der Waals surface area (Å²) in [5, 5.41) is 11.2. The number of carbonyl (C=O) groups is 1. The van der Waals surface area contributed by atoms with Crippen molar-refractivity contribution in [2.45, 2.75) is 13.5 Å². The monoisotopic (exact) mass is 357 g/mol. The highest BCUT2D eigenvalue weighted by Crippen LogP contribution is 2.18. The van der Waals surface area contributed by atoms with E-state index < -0.39 is 0 Å². The Balaban J connectivity index is 1.49. The molecule has 3 aromatic rings. The fourth-order valence-corrected chi connectivity index (χ4v) is 2.17. The molecule has 128 valence electrons. The minimum absolute atomic E-state index is 0.111. The van der Waals surface area contributed by atoms with Crippen LogP contribution in [0.2, 0.25) is 5.02 Å². The predicted octanol–water partition coefficient (Wildman–Crippen LogP) is 3.39. The van der Waals surface area contributed by atoms with Gasteiger partial charge in [0.2, 0.25) is 11.8 Å². The number of hydrogen-bond acceptors (Lipinski definition) is 5. The molecule has 0 saturated heterocycles. The van der Waals surface area contributed by atoms with Gasteiger partial charge in [-0.25, -0.2) is 0 Å². The number of nitrogens with zero attached hydrogens (tertiary/aromatic N) is 2. The van der Waals surface area contributed by atoms with Crippen LogP contribution in [0.25, 0.3) is 11.5 Å². The van der Waals surface area contributed by atoms with Gasteiger partial charge in [-0.1, -0.05) is 29.3 Å². The SMILES string of the molecule is Cc1ccc(-c2nnc(CNC(=O)COc3ccc(Cl)cc3)o2)cc1. The van der Waals surface area contributed by atoms with Gasteiger partial charge in [0.05, 0.1) is 6.54 Å². The minimum atomic E-state index is -0.287. The smallest absolute Gasteiger partial charge is 0.258 e. The van der Waals surface area contributed by atoms with Crippen molar-refractivity contribution in [3.8, 4) is 17.2 Å². The lowest BCUT2D eigenvalue weighted by Gasteiger charge is -2.06. The predicted molar refractivity (Wildman–Crippen MR) is 93.3 cm³/mol. The highest BCUT2D eigenvalue weighted by Gasteiger charge is 2.10. The van der Waals surface area contributed by atoms with Gasteiger partial charge in [0.1, 0.15) is 5.75 Å². The average molecular weight is 358 g/mol. The number of benzene rings is 2. The van der Waals surface area contributed by atoms with Gasteiger partial charge in [-0.3, -0.25) is 4.79 Å². The minimum Gasteiger partial charge on any atom is -0.484 e. The first kappa shape index (κ1) is 17.0. The second-order valence-electron chi connectivity index (χ2n) is 5.39. The molecule has 3 rings (SSSR count). The Hall–Kier alpha value is -2.86. The average Bonchev–Trinajstić information content (AvgIpc) is 3.09. The first-order valence-electron chi connectivity index (χ1n) is 7.64. The Morgan fingerprint density at radius 3 is 2.56 bits per heavy atom. The van der Waals surface area contributed by atoms with Crippen LogP contribution in [0.3, 0.4) is 0 Å². The molecule has 1 N–H and O–H groups in total. The molecular formula is C18H16ClN3O3. The lowest BCUT2D eigenvalue weighted by atomic mass is 10.1. The highest BCUT2D eigenvalue weighted by atomic mass is 35.5. The molecule has 6 nitrogen and oxygen atoms in total. The molecule has 0 bridgehead atoms. The van der Waals surface area contributed by atoms with Crippen molar-refractivity contribution >= 4 is 17.5 Å². The maximum absolute atomic E-state index is 11.8. The maximum Gasteiger partial charge on any atom is 0.258 e. The Morgan fingerprint density at radius 1 is 1.12 bits per heavy atom. The normalized spacial score (nSPS) is 10.5. The standard InChI is InChI=1S/C18H16ClN3O3/c1-12-2-4-13(5-3-12)18-22-21-17(25-18)10-20-16(23)11-24-15-8-6-14(19)7-9-15/h2-9H,10-11H2,1H3,(H,20,23). The zero-order chi connectivity index (χ0) is 17.6. The van der Waals surface area contributed by atoms with Gasteiger partial charge in [-0.2, -0.15) is 0 Å². The fraction of sp³-hybridized carbons (Fsp3) is 0.167. The van der Waals surface area contributed by atoms with E-state index in [1.807, 2.05) is 31.2 Å². The van der Waals surface area contributed by atoms with Crippen LogP contribution >= 0.6 is 11.6 Å². The third kappa shape index (κ3) is 4.81. The molecule has 0 unspecified atom stereocenters. The number of nitrogens with one attached hydrogen (secondary N) is 1. The number of aryl methyl sites for hydroxylation is 1. The maximum atomic E-state index is 11.8. The third-order valence-corrected chi connectivity index (χ3v) is 3.64. The lowest BCUT2D eigenvalue weighted by molar-refractivity contribution is -0.123. The van der Waals surface area contributed by atoms with Gasteiger partial charge in [0, 0.05) is 10.6 Å². The molecule has 0 saturated carbocycles. The topological polar surface area (TPSA) is 77.2 Å². The molecule has 25 heavy (non-hydrogen) atoms. The molecule has 0 fully saturated rings. The Labute approximate surface area is 149 Å². The van der Waals surface area contributed by atoms with Crippen molar-refractivity contribution in [1.29, 1.82) is 0 Å². The summed E-state index contributed by atoms with van der Waals surface area (Å²) in [6.07, 6.45) is 0. The van der Waals surface area contributed by atoms with Crippen LogP contribution in [0.5, 0.6) is 5.75 Å². The van der Waals surface area contributed by atoms with Crippen LogP contribution in [-0.4, -0.2) is 22.7 Å².